The average molecular weight is 671 g/mol. The number of furan rings is 1. The van der Waals surface area contributed by atoms with Gasteiger partial charge in [0, 0.05) is 22.3 Å². The Labute approximate surface area is 301 Å². The fourth-order valence-electron chi connectivity index (χ4n) is 7.53. The number of nitrogens with zero attached hydrogens (tertiary/aromatic N) is 2. The number of para-hydroxylation sites is 1. The van der Waals surface area contributed by atoms with Crippen molar-refractivity contribution >= 4 is 66.4 Å². The van der Waals surface area contributed by atoms with Gasteiger partial charge in [-0.3, -0.25) is 5.32 Å². The van der Waals surface area contributed by atoms with Gasteiger partial charge in [0.2, 0.25) is 0 Å². The summed E-state index contributed by atoms with van der Waals surface area (Å²) in [5.74, 6) is 0.838. The van der Waals surface area contributed by atoms with Crippen LogP contribution in [0.2, 0.25) is 0 Å². The average Bonchev–Trinajstić information content (AvgIpc) is 3.58. The summed E-state index contributed by atoms with van der Waals surface area (Å²) in [6.45, 7) is 0. The maximum atomic E-state index is 6.84. The Hall–Kier alpha value is -6.69. The van der Waals surface area contributed by atoms with Crippen LogP contribution in [0.15, 0.2) is 191 Å². The van der Waals surface area contributed by atoms with Crippen LogP contribution < -0.4 is 15.5 Å². The predicted molar refractivity (Wildman–Crippen MR) is 215 cm³/mol. The molecule has 0 saturated carbocycles. The molecule has 1 aromatic heterocycles. The molecular weight excluding hydrogens is 637 g/mol. The van der Waals surface area contributed by atoms with E-state index in [1.54, 1.807) is 0 Å². The van der Waals surface area contributed by atoms with Gasteiger partial charge in [0.1, 0.15) is 29.3 Å². The third-order valence-electron chi connectivity index (χ3n) is 10.0. The molecule has 2 unspecified atom stereocenters. The van der Waals surface area contributed by atoms with E-state index < -0.39 is 0 Å². The Balaban J connectivity index is 1.23. The molecule has 2 heterocycles. The number of benzene rings is 8. The highest BCUT2D eigenvalue weighted by molar-refractivity contribution is 6.16. The lowest BCUT2D eigenvalue weighted by Crippen LogP contribution is -2.45. The number of amidine groups is 1. The minimum absolute atomic E-state index is 0.256. The van der Waals surface area contributed by atoms with E-state index in [2.05, 4.69) is 185 Å². The number of hydrogen-bond acceptors (Lipinski definition) is 5. The van der Waals surface area contributed by atoms with Crippen molar-refractivity contribution in [2.24, 2.45) is 4.99 Å². The quantitative estimate of drug-likeness (QED) is 0.185. The second-order valence-corrected chi connectivity index (χ2v) is 13.3. The van der Waals surface area contributed by atoms with E-state index in [0.717, 1.165) is 66.9 Å². The topological polar surface area (TPSA) is 52.8 Å². The van der Waals surface area contributed by atoms with Crippen LogP contribution in [0.4, 0.5) is 17.1 Å². The van der Waals surface area contributed by atoms with Crippen LogP contribution in [-0.4, -0.2) is 5.84 Å². The molecule has 8 aromatic carbocycles. The van der Waals surface area contributed by atoms with E-state index in [-0.39, 0.29) is 12.3 Å². The molecule has 10 rings (SSSR count). The van der Waals surface area contributed by atoms with Gasteiger partial charge in [0.25, 0.3) is 0 Å². The van der Waals surface area contributed by atoms with Crippen molar-refractivity contribution < 1.29 is 4.42 Å². The molecule has 0 saturated heterocycles. The van der Waals surface area contributed by atoms with Crippen LogP contribution in [0, 0.1) is 0 Å². The van der Waals surface area contributed by atoms with Crippen LogP contribution >= 0.6 is 0 Å². The van der Waals surface area contributed by atoms with Crippen molar-refractivity contribution in [2.45, 2.75) is 12.3 Å². The van der Waals surface area contributed by atoms with Gasteiger partial charge in [-0.2, -0.15) is 0 Å². The van der Waals surface area contributed by atoms with Crippen LogP contribution in [-0.2, 0) is 0 Å². The maximum absolute atomic E-state index is 6.84. The van der Waals surface area contributed by atoms with Crippen molar-refractivity contribution in [1.82, 2.24) is 10.6 Å². The van der Waals surface area contributed by atoms with Gasteiger partial charge in [0.15, 0.2) is 0 Å². The van der Waals surface area contributed by atoms with Crippen molar-refractivity contribution in [3.05, 3.63) is 199 Å². The first kappa shape index (κ1) is 30.2. The predicted octanol–water partition coefficient (Wildman–Crippen LogP) is 11.7. The molecule has 0 fully saturated rings. The van der Waals surface area contributed by atoms with Crippen molar-refractivity contribution in [3.63, 3.8) is 0 Å². The summed E-state index contributed by atoms with van der Waals surface area (Å²) in [7, 11) is 0. The lowest BCUT2D eigenvalue weighted by molar-refractivity contribution is 0.409. The highest BCUT2D eigenvalue weighted by Crippen LogP contribution is 2.46. The summed E-state index contributed by atoms with van der Waals surface area (Å²) < 4.78 is 6.84. The zero-order chi connectivity index (χ0) is 34.4. The van der Waals surface area contributed by atoms with E-state index >= 15 is 0 Å². The second kappa shape index (κ2) is 12.6. The monoisotopic (exact) mass is 670 g/mol. The number of hydrogen-bond donors (Lipinski definition) is 2. The Morgan fingerprint density at radius 3 is 1.88 bits per heavy atom. The zero-order valence-electron chi connectivity index (χ0n) is 28.3. The van der Waals surface area contributed by atoms with Crippen molar-refractivity contribution in [2.75, 3.05) is 4.90 Å². The molecule has 0 radical (unpaired) electrons. The zero-order valence-corrected chi connectivity index (χ0v) is 28.3. The lowest BCUT2D eigenvalue weighted by atomic mass is 10.00. The van der Waals surface area contributed by atoms with Gasteiger partial charge in [-0.1, -0.05) is 133 Å². The van der Waals surface area contributed by atoms with Crippen LogP contribution in [0.5, 0.6) is 0 Å². The largest absolute Gasteiger partial charge is 0.456 e. The maximum Gasteiger partial charge on any atom is 0.137 e. The summed E-state index contributed by atoms with van der Waals surface area (Å²) in [4.78, 5) is 7.54. The minimum Gasteiger partial charge on any atom is -0.456 e. The number of fused-ring (bicyclic) bond motifs is 5. The third-order valence-corrected chi connectivity index (χ3v) is 10.0. The third kappa shape index (κ3) is 5.36. The summed E-state index contributed by atoms with van der Waals surface area (Å²) in [6.07, 6.45) is -0.531. The summed E-state index contributed by atoms with van der Waals surface area (Å²) in [5.41, 5.74) is 8.01. The Kier molecular flexibility index (Phi) is 7.29. The molecule has 2 atom stereocenters. The molecule has 0 amide bonds. The highest BCUT2D eigenvalue weighted by Gasteiger charge is 2.28. The first-order valence-corrected chi connectivity index (χ1v) is 17.7. The van der Waals surface area contributed by atoms with Crippen LogP contribution in [0.1, 0.15) is 29.0 Å². The minimum atomic E-state index is -0.275. The molecule has 0 bridgehead atoms. The molecule has 1 aliphatic heterocycles. The van der Waals surface area contributed by atoms with E-state index in [4.69, 9.17) is 9.41 Å². The first-order valence-electron chi connectivity index (χ1n) is 17.7. The van der Waals surface area contributed by atoms with E-state index in [1.807, 2.05) is 12.1 Å². The fourth-order valence-corrected chi connectivity index (χ4v) is 7.53. The number of aliphatic imine (C=N–C) groups is 1. The van der Waals surface area contributed by atoms with Crippen LogP contribution in [0.3, 0.4) is 0 Å². The second-order valence-electron chi connectivity index (χ2n) is 13.3. The van der Waals surface area contributed by atoms with Gasteiger partial charge in [-0.15, -0.1) is 0 Å². The highest BCUT2D eigenvalue weighted by atomic mass is 16.3. The summed E-state index contributed by atoms with van der Waals surface area (Å²) >= 11 is 0. The van der Waals surface area contributed by atoms with Gasteiger partial charge >= 0.3 is 0 Å². The van der Waals surface area contributed by atoms with Gasteiger partial charge < -0.3 is 14.6 Å². The van der Waals surface area contributed by atoms with Crippen molar-refractivity contribution in [3.8, 4) is 0 Å². The Morgan fingerprint density at radius 1 is 0.500 bits per heavy atom. The fraction of sp³-hybridized carbons (Fsp3) is 0.0426. The van der Waals surface area contributed by atoms with Gasteiger partial charge in [-0.25, -0.2) is 4.99 Å². The number of rotatable bonds is 6. The summed E-state index contributed by atoms with van der Waals surface area (Å²) in [6, 6.07) is 64.0. The molecule has 5 heteroatoms. The van der Waals surface area contributed by atoms with E-state index in [0.29, 0.717) is 0 Å². The Bertz CT molecular complexity index is 2760. The molecule has 52 heavy (non-hydrogen) atoms. The summed E-state index contributed by atoms with van der Waals surface area (Å²) in [5, 5.41) is 14.4. The molecule has 248 valence electrons. The standard InChI is InChI=1S/C47H34N4O/c1-4-15-32(16-5-1)45-48-46(33-17-6-2-7-18-33)50-47(49-45)37-28-41(44-40-27-35-20-12-13-21-36(35)29-42(40)52-43(44)30-37)51(38-22-8-3-9-23-38)39-25-24-31-14-10-11-19-34(31)26-39/h1-30,45,47,49H,(H,48,50). The van der Waals surface area contributed by atoms with Gasteiger partial charge in [-0.05, 0) is 81.2 Å². The normalized spacial score (nSPS) is 15.9. The van der Waals surface area contributed by atoms with Crippen molar-refractivity contribution in [1.29, 1.82) is 0 Å². The molecule has 2 N–H and O–H groups in total. The lowest BCUT2D eigenvalue weighted by Gasteiger charge is -2.33. The first-order chi connectivity index (χ1) is 25.7. The van der Waals surface area contributed by atoms with Gasteiger partial charge in [0.05, 0.1) is 11.1 Å². The SMILES string of the molecule is c1ccc(C2=NC(c3ccccc3)NC(c3cc(N(c4ccccc4)c4ccc5ccccc5c4)c4c(c3)oc3cc5ccccc5cc34)N2)cc1. The molecule has 0 aliphatic carbocycles. The number of anilines is 3. The van der Waals surface area contributed by atoms with Crippen LogP contribution in [0.25, 0.3) is 43.5 Å². The molecule has 0 spiro atoms. The molecule has 1 aliphatic rings. The Morgan fingerprint density at radius 2 is 1.13 bits per heavy atom. The smallest absolute Gasteiger partial charge is 0.137 e. The number of nitrogens with one attached hydrogen (secondary N) is 2. The van der Waals surface area contributed by atoms with E-state index in [1.165, 1.54) is 16.2 Å². The molecular formula is C47H34N4O. The molecule has 9 aromatic rings. The van der Waals surface area contributed by atoms with E-state index in [9.17, 15) is 0 Å². The molecule has 5 nitrogen and oxygen atoms in total.